The molecule has 0 aliphatic carbocycles. The summed E-state index contributed by atoms with van der Waals surface area (Å²) in [5.41, 5.74) is 3.01. The van der Waals surface area contributed by atoms with E-state index in [0.717, 1.165) is 16.5 Å². The summed E-state index contributed by atoms with van der Waals surface area (Å²) in [6.07, 6.45) is 4.80. The molecule has 1 aliphatic rings. The molecule has 1 amide bonds. The number of aliphatic hydroxyl groups is 1. The fraction of sp³-hybridized carbons (Fsp3) is 0.111. The molecule has 1 unspecified atom stereocenters. The third-order valence-corrected chi connectivity index (χ3v) is 6.16. The number of methoxy groups -OCH3 is 1. The minimum atomic E-state index is -0.858. The van der Waals surface area contributed by atoms with Crippen LogP contribution in [-0.4, -0.2) is 44.7 Å². The molecule has 8 heteroatoms. The van der Waals surface area contributed by atoms with Gasteiger partial charge in [-0.15, -0.1) is 0 Å². The predicted octanol–water partition coefficient (Wildman–Crippen LogP) is 3.97. The number of benzene rings is 2. The van der Waals surface area contributed by atoms with E-state index in [1.54, 1.807) is 36.4 Å². The lowest BCUT2D eigenvalue weighted by Gasteiger charge is -2.25. The van der Waals surface area contributed by atoms with Gasteiger partial charge >= 0.3 is 5.97 Å². The van der Waals surface area contributed by atoms with Crippen LogP contribution in [0.3, 0.4) is 0 Å². The molecule has 0 bridgehead atoms. The van der Waals surface area contributed by atoms with Crippen molar-refractivity contribution in [2.24, 2.45) is 0 Å². The molecule has 0 saturated carbocycles. The lowest BCUT2D eigenvalue weighted by Crippen LogP contribution is -2.29. The summed E-state index contributed by atoms with van der Waals surface area (Å²) in [5.74, 6) is -2.27. The second kappa shape index (κ2) is 8.90. The van der Waals surface area contributed by atoms with Crippen LogP contribution in [0.4, 0.5) is 0 Å². The van der Waals surface area contributed by atoms with Crippen LogP contribution in [-0.2, 0) is 20.9 Å². The molecule has 1 saturated heterocycles. The van der Waals surface area contributed by atoms with Gasteiger partial charge in [0, 0.05) is 41.6 Å². The van der Waals surface area contributed by atoms with Gasteiger partial charge in [0.1, 0.15) is 5.76 Å². The first-order valence-electron chi connectivity index (χ1n) is 10.9. The van der Waals surface area contributed by atoms with Crippen molar-refractivity contribution < 1.29 is 24.2 Å². The zero-order valence-electron chi connectivity index (χ0n) is 18.8. The number of fused-ring (bicyclic) bond motifs is 1. The number of para-hydroxylation sites is 1. The molecule has 4 aromatic rings. The second-order valence-corrected chi connectivity index (χ2v) is 8.14. The highest BCUT2D eigenvalue weighted by molar-refractivity contribution is 6.46. The van der Waals surface area contributed by atoms with Crippen LogP contribution in [0.25, 0.3) is 16.7 Å². The molecule has 35 heavy (non-hydrogen) atoms. The summed E-state index contributed by atoms with van der Waals surface area (Å²) >= 11 is 0. The number of aliphatic hydroxyl groups excluding tert-OH is 1. The zero-order chi connectivity index (χ0) is 24.5. The summed E-state index contributed by atoms with van der Waals surface area (Å²) < 4.78 is 4.77. The van der Waals surface area contributed by atoms with E-state index in [4.69, 9.17) is 4.74 Å². The zero-order valence-corrected chi connectivity index (χ0v) is 18.8. The van der Waals surface area contributed by atoms with Gasteiger partial charge in [0.05, 0.1) is 24.3 Å². The molecule has 3 heterocycles. The number of nitrogens with one attached hydrogen (secondary N) is 1. The molecule has 1 atom stereocenters. The van der Waals surface area contributed by atoms with E-state index in [2.05, 4.69) is 9.97 Å². The van der Waals surface area contributed by atoms with E-state index in [-0.39, 0.29) is 17.9 Å². The maximum absolute atomic E-state index is 13.3. The van der Waals surface area contributed by atoms with Gasteiger partial charge in [-0.25, -0.2) is 4.79 Å². The average molecular weight is 467 g/mol. The highest BCUT2D eigenvalue weighted by atomic mass is 16.5. The number of pyridine rings is 1. The first kappa shape index (κ1) is 22.1. The molecule has 0 radical (unpaired) electrons. The third kappa shape index (κ3) is 3.85. The topological polar surface area (TPSA) is 113 Å². The van der Waals surface area contributed by atoms with E-state index >= 15 is 0 Å². The minimum Gasteiger partial charge on any atom is -0.507 e. The number of ether oxygens (including phenoxy) is 1. The molecule has 1 aliphatic heterocycles. The number of rotatable bonds is 5. The largest absolute Gasteiger partial charge is 0.507 e. The Hall–Kier alpha value is -4.72. The molecule has 0 spiro atoms. The molecule has 174 valence electrons. The van der Waals surface area contributed by atoms with Crippen LogP contribution in [0.5, 0.6) is 0 Å². The average Bonchev–Trinajstić information content (AvgIpc) is 3.42. The fourth-order valence-electron chi connectivity index (χ4n) is 4.42. The van der Waals surface area contributed by atoms with E-state index in [9.17, 15) is 19.5 Å². The molecule has 8 nitrogen and oxygen atoms in total. The molecule has 5 rings (SSSR count). The van der Waals surface area contributed by atoms with Crippen LogP contribution >= 0.6 is 0 Å². The SMILES string of the molecule is COC(=O)c1ccc(C2/C(=C(\O)c3ccncc3)C(=O)C(=O)N2Cc2c[nH]c3ccccc23)cc1. The Morgan fingerprint density at radius 2 is 1.74 bits per heavy atom. The Kier molecular flexibility index (Phi) is 5.62. The van der Waals surface area contributed by atoms with Crippen LogP contribution in [0.2, 0.25) is 0 Å². The van der Waals surface area contributed by atoms with E-state index in [1.807, 2.05) is 30.5 Å². The lowest BCUT2D eigenvalue weighted by molar-refractivity contribution is -0.140. The Labute approximate surface area is 200 Å². The highest BCUT2D eigenvalue weighted by Crippen LogP contribution is 2.40. The summed E-state index contributed by atoms with van der Waals surface area (Å²) in [6.45, 7) is 0.144. The van der Waals surface area contributed by atoms with Gasteiger partial charge in [0.25, 0.3) is 11.7 Å². The number of carbonyl (C=O) groups is 3. The van der Waals surface area contributed by atoms with Crippen molar-refractivity contribution in [1.82, 2.24) is 14.9 Å². The predicted molar refractivity (Wildman–Crippen MR) is 128 cm³/mol. The number of hydrogen-bond donors (Lipinski definition) is 2. The number of aromatic amines is 1. The van der Waals surface area contributed by atoms with Crippen molar-refractivity contribution >= 4 is 34.3 Å². The van der Waals surface area contributed by atoms with Gasteiger partial charge in [-0.1, -0.05) is 30.3 Å². The third-order valence-electron chi connectivity index (χ3n) is 6.16. The monoisotopic (exact) mass is 467 g/mol. The highest BCUT2D eigenvalue weighted by Gasteiger charge is 2.46. The van der Waals surface area contributed by atoms with Crippen LogP contribution < -0.4 is 0 Å². The molecule has 2 aromatic carbocycles. The minimum absolute atomic E-state index is 0.0214. The van der Waals surface area contributed by atoms with Crippen molar-refractivity contribution in [3.8, 4) is 0 Å². The number of esters is 1. The Balaban J connectivity index is 1.64. The van der Waals surface area contributed by atoms with Crippen LogP contribution in [0.15, 0.2) is 84.8 Å². The second-order valence-electron chi connectivity index (χ2n) is 8.14. The van der Waals surface area contributed by atoms with Gasteiger partial charge < -0.3 is 19.7 Å². The maximum atomic E-state index is 13.3. The van der Waals surface area contributed by atoms with Crippen molar-refractivity contribution in [3.05, 3.63) is 107 Å². The molecule has 2 aromatic heterocycles. The summed E-state index contributed by atoms with van der Waals surface area (Å²) in [5, 5.41) is 12.0. The van der Waals surface area contributed by atoms with E-state index in [1.165, 1.54) is 24.4 Å². The van der Waals surface area contributed by atoms with Crippen LogP contribution in [0, 0.1) is 0 Å². The van der Waals surface area contributed by atoms with E-state index in [0.29, 0.717) is 16.7 Å². The number of amides is 1. The Morgan fingerprint density at radius 3 is 2.46 bits per heavy atom. The maximum Gasteiger partial charge on any atom is 0.337 e. The van der Waals surface area contributed by atoms with Gasteiger partial charge in [-0.2, -0.15) is 0 Å². The van der Waals surface area contributed by atoms with Gasteiger partial charge in [-0.3, -0.25) is 14.6 Å². The summed E-state index contributed by atoms with van der Waals surface area (Å²) in [6, 6.07) is 16.4. The van der Waals surface area contributed by atoms with Crippen molar-refractivity contribution in [1.29, 1.82) is 0 Å². The molecular weight excluding hydrogens is 446 g/mol. The number of H-pyrrole nitrogens is 1. The fourth-order valence-corrected chi connectivity index (χ4v) is 4.42. The van der Waals surface area contributed by atoms with Crippen LogP contribution in [0.1, 0.15) is 33.1 Å². The van der Waals surface area contributed by atoms with E-state index < -0.39 is 23.7 Å². The summed E-state index contributed by atoms with van der Waals surface area (Å²) in [7, 11) is 1.29. The first-order valence-corrected chi connectivity index (χ1v) is 10.9. The van der Waals surface area contributed by atoms with Gasteiger partial charge in [0.15, 0.2) is 0 Å². The molecule has 1 fully saturated rings. The number of nitrogens with zero attached hydrogens (tertiary/aromatic N) is 2. The number of hydrogen-bond acceptors (Lipinski definition) is 6. The summed E-state index contributed by atoms with van der Waals surface area (Å²) in [4.78, 5) is 47.0. The molecular formula is C27H21N3O5. The number of carbonyl (C=O) groups excluding carboxylic acids is 3. The van der Waals surface area contributed by atoms with Gasteiger partial charge in [0.2, 0.25) is 0 Å². The number of aromatic nitrogens is 2. The first-order chi connectivity index (χ1) is 17.0. The Bertz CT molecular complexity index is 1470. The standard InChI is InChI=1S/C27H21N3O5/c1-35-27(34)18-8-6-16(7-9-18)23-22(24(31)17-10-12-28-13-11-17)25(32)26(33)30(23)15-19-14-29-21-5-3-2-4-20(19)21/h2-14,23,29,31H,15H2,1H3/b24-22+. The van der Waals surface area contributed by atoms with Crippen molar-refractivity contribution in [2.45, 2.75) is 12.6 Å². The number of ketones is 1. The van der Waals surface area contributed by atoms with Crippen molar-refractivity contribution in [3.63, 3.8) is 0 Å². The Morgan fingerprint density at radius 1 is 1.03 bits per heavy atom. The lowest BCUT2D eigenvalue weighted by atomic mass is 9.94. The van der Waals surface area contributed by atoms with Gasteiger partial charge in [-0.05, 0) is 41.5 Å². The number of Topliss-reactive ketones (excluding diaryl/α,β-unsaturated/α-hetero) is 1. The normalized spacial score (nSPS) is 17.2. The smallest absolute Gasteiger partial charge is 0.337 e. The van der Waals surface area contributed by atoms with Crippen molar-refractivity contribution in [2.75, 3.05) is 7.11 Å². The molecule has 2 N–H and O–H groups in total. The number of likely N-dealkylation sites (tertiary alicyclic amines) is 1. The quantitative estimate of drug-likeness (QED) is 0.199.